The molecule has 0 aromatic heterocycles. The molecule has 2 aliphatic heterocycles. The normalized spacial score (nSPS) is 29.5. The van der Waals surface area contributed by atoms with Crippen molar-refractivity contribution in [3.63, 3.8) is 0 Å². The molecule has 1 amide bonds. The molecule has 2 aromatic carbocycles. The Morgan fingerprint density at radius 3 is 2.50 bits per heavy atom. The molecule has 4 atom stereocenters. The summed E-state index contributed by atoms with van der Waals surface area (Å²) >= 11 is 0. The van der Waals surface area contributed by atoms with Crippen molar-refractivity contribution >= 4 is 11.6 Å². The number of ether oxygens (including phenoxy) is 1. The van der Waals surface area contributed by atoms with Crippen LogP contribution in [0.25, 0.3) is 0 Å². The average molecular weight is 353 g/mol. The largest absolute Gasteiger partial charge is 0.497 e. The minimum absolute atomic E-state index is 0.254. The third kappa shape index (κ3) is 2.13. The zero-order valence-corrected chi connectivity index (χ0v) is 14.4. The Balaban J connectivity index is 1.86. The molecule has 1 spiro atoms. The lowest BCUT2D eigenvalue weighted by Crippen LogP contribution is -2.54. The van der Waals surface area contributed by atoms with Gasteiger partial charge in [0, 0.05) is 22.2 Å². The Bertz CT molecular complexity index is 883. The Hall–Kier alpha value is -2.93. The fourth-order valence-corrected chi connectivity index (χ4v) is 4.38. The van der Waals surface area contributed by atoms with E-state index in [-0.39, 0.29) is 16.9 Å². The highest BCUT2D eigenvalue weighted by atomic mass is 16.6. The highest BCUT2D eigenvalue weighted by Gasteiger charge is 2.67. The number of rotatable bonds is 3. The third-order valence-corrected chi connectivity index (χ3v) is 5.46. The van der Waals surface area contributed by atoms with Crippen LogP contribution in [0.5, 0.6) is 5.75 Å². The first kappa shape index (κ1) is 16.5. The minimum Gasteiger partial charge on any atom is -0.497 e. The van der Waals surface area contributed by atoms with Gasteiger partial charge in [0.25, 0.3) is 11.9 Å². The fraction of sp³-hybridized carbons (Fsp3) is 0.316. The lowest BCUT2D eigenvalue weighted by Gasteiger charge is -2.25. The van der Waals surface area contributed by atoms with Gasteiger partial charge in [-0.25, -0.2) is 0 Å². The molecular formula is C19H19N3O4. The van der Waals surface area contributed by atoms with E-state index < -0.39 is 17.5 Å². The molecule has 4 rings (SSSR count). The van der Waals surface area contributed by atoms with Crippen molar-refractivity contribution in [2.24, 2.45) is 0 Å². The Labute approximate surface area is 150 Å². The lowest BCUT2D eigenvalue weighted by molar-refractivity contribution is -0.532. The number of nitrogens with zero attached hydrogens (tertiary/aromatic N) is 1. The van der Waals surface area contributed by atoms with Gasteiger partial charge in [-0.1, -0.05) is 30.3 Å². The van der Waals surface area contributed by atoms with E-state index in [2.05, 4.69) is 10.6 Å². The van der Waals surface area contributed by atoms with E-state index in [4.69, 9.17) is 4.74 Å². The summed E-state index contributed by atoms with van der Waals surface area (Å²) in [6.07, 6.45) is 0. The minimum atomic E-state index is -1.37. The van der Waals surface area contributed by atoms with Crippen molar-refractivity contribution in [2.45, 2.75) is 30.5 Å². The van der Waals surface area contributed by atoms with E-state index in [1.54, 1.807) is 43.5 Å². The van der Waals surface area contributed by atoms with Crippen LogP contribution in [0.15, 0.2) is 48.5 Å². The zero-order chi connectivity index (χ0) is 18.5. The highest BCUT2D eigenvalue weighted by molar-refractivity contribution is 6.07. The highest BCUT2D eigenvalue weighted by Crippen LogP contribution is 2.49. The maximum atomic E-state index is 12.9. The van der Waals surface area contributed by atoms with Crippen LogP contribution in [0.4, 0.5) is 5.69 Å². The van der Waals surface area contributed by atoms with Gasteiger partial charge in [-0.05, 0) is 30.7 Å². The van der Waals surface area contributed by atoms with Crippen molar-refractivity contribution < 1.29 is 14.5 Å². The predicted octanol–water partition coefficient (Wildman–Crippen LogP) is 2.26. The van der Waals surface area contributed by atoms with Gasteiger partial charge in [-0.2, -0.15) is 0 Å². The number of fused-ring (bicyclic) bond motifs is 2. The van der Waals surface area contributed by atoms with Crippen molar-refractivity contribution in [3.8, 4) is 5.75 Å². The molecule has 2 N–H and O–H groups in total. The lowest BCUT2D eigenvalue weighted by atomic mass is 9.78. The standard InChI is InChI=1S/C19H19N3O4/c1-11-16(12-7-9-13(26-2)10-8-12)17(22(24)25)19(21-11)14-5-3-4-6-15(14)20-18(19)23/h3-11,16-17,21H,1-2H3,(H,20,23)/t11-,16-,17+,19-/m0/s1. The first-order chi connectivity index (χ1) is 12.5. The third-order valence-electron chi connectivity index (χ3n) is 5.46. The topological polar surface area (TPSA) is 93.5 Å². The summed E-state index contributed by atoms with van der Waals surface area (Å²) in [7, 11) is 1.57. The predicted molar refractivity (Wildman–Crippen MR) is 95.9 cm³/mol. The number of para-hydroxylation sites is 1. The van der Waals surface area contributed by atoms with Gasteiger partial charge in [0.15, 0.2) is 5.54 Å². The van der Waals surface area contributed by atoms with Gasteiger partial charge in [-0.15, -0.1) is 0 Å². The van der Waals surface area contributed by atoms with Crippen LogP contribution in [0, 0.1) is 10.1 Å². The van der Waals surface area contributed by atoms with Crippen LogP contribution in [0.2, 0.25) is 0 Å². The molecule has 1 fully saturated rings. The molecule has 134 valence electrons. The summed E-state index contributed by atoms with van der Waals surface area (Å²) in [5.41, 5.74) is 0.694. The van der Waals surface area contributed by atoms with Crippen LogP contribution >= 0.6 is 0 Å². The van der Waals surface area contributed by atoms with Crippen LogP contribution in [-0.4, -0.2) is 30.0 Å². The van der Waals surface area contributed by atoms with Crippen LogP contribution in [0.1, 0.15) is 24.0 Å². The van der Waals surface area contributed by atoms with E-state index in [0.717, 1.165) is 5.56 Å². The van der Waals surface area contributed by atoms with Gasteiger partial charge >= 0.3 is 0 Å². The first-order valence-electron chi connectivity index (χ1n) is 8.45. The second-order valence-corrected chi connectivity index (χ2v) is 6.77. The first-order valence-corrected chi connectivity index (χ1v) is 8.45. The molecular weight excluding hydrogens is 334 g/mol. The zero-order valence-electron chi connectivity index (χ0n) is 14.4. The number of carbonyl (C=O) groups excluding carboxylic acids is 1. The quantitative estimate of drug-likeness (QED) is 0.652. The van der Waals surface area contributed by atoms with Crippen molar-refractivity contribution in [3.05, 3.63) is 69.8 Å². The second-order valence-electron chi connectivity index (χ2n) is 6.77. The van der Waals surface area contributed by atoms with E-state index >= 15 is 0 Å². The van der Waals surface area contributed by atoms with E-state index in [0.29, 0.717) is 17.0 Å². The van der Waals surface area contributed by atoms with Crippen LogP contribution in [0.3, 0.4) is 0 Å². The molecule has 26 heavy (non-hydrogen) atoms. The number of anilines is 1. The fourth-order valence-electron chi connectivity index (χ4n) is 4.38. The van der Waals surface area contributed by atoms with Gasteiger partial charge in [0.1, 0.15) is 5.75 Å². The Kier molecular flexibility index (Phi) is 3.69. The maximum Gasteiger partial charge on any atom is 0.256 e. The summed E-state index contributed by atoms with van der Waals surface area (Å²) in [5.74, 6) is -0.139. The van der Waals surface area contributed by atoms with Gasteiger partial charge < -0.3 is 10.1 Å². The molecule has 1 saturated heterocycles. The molecule has 7 nitrogen and oxygen atoms in total. The number of nitro groups is 1. The number of nitrogens with one attached hydrogen (secondary N) is 2. The molecule has 0 bridgehead atoms. The molecule has 2 heterocycles. The summed E-state index contributed by atoms with van der Waals surface area (Å²) in [6.45, 7) is 1.88. The Morgan fingerprint density at radius 2 is 1.85 bits per heavy atom. The number of hydrogen-bond acceptors (Lipinski definition) is 5. The summed E-state index contributed by atoms with van der Waals surface area (Å²) in [6, 6.07) is 13.0. The second kappa shape index (κ2) is 5.81. The van der Waals surface area contributed by atoms with Gasteiger partial charge in [0.2, 0.25) is 0 Å². The van der Waals surface area contributed by atoms with Crippen molar-refractivity contribution in [2.75, 3.05) is 12.4 Å². The van der Waals surface area contributed by atoms with Crippen molar-refractivity contribution in [1.29, 1.82) is 0 Å². The smallest absolute Gasteiger partial charge is 0.256 e. The monoisotopic (exact) mass is 353 g/mol. The van der Waals surface area contributed by atoms with E-state index in [1.807, 2.05) is 19.1 Å². The maximum absolute atomic E-state index is 12.9. The number of hydrogen-bond donors (Lipinski definition) is 2. The van der Waals surface area contributed by atoms with E-state index in [9.17, 15) is 14.9 Å². The summed E-state index contributed by atoms with van der Waals surface area (Å²) in [4.78, 5) is 24.7. The Morgan fingerprint density at radius 1 is 1.15 bits per heavy atom. The van der Waals surface area contributed by atoms with Crippen molar-refractivity contribution in [1.82, 2.24) is 5.32 Å². The number of carbonyl (C=O) groups is 1. The number of methoxy groups -OCH3 is 1. The summed E-state index contributed by atoms with van der Waals surface area (Å²) < 4.78 is 5.18. The van der Waals surface area contributed by atoms with Gasteiger partial charge in [-0.3, -0.25) is 20.2 Å². The SMILES string of the molecule is COc1ccc([C@@H]2[C@H](C)N[C@]3(C(=O)Nc4ccccc43)[C@@H]2[N+](=O)[O-])cc1. The number of amides is 1. The molecule has 0 unspecified atom stereocenters. The molecule has 0 saturated carbocycles. The van der Waals surface area contributed by atoms with Crippen LogP contribution < -0.4 is 15.4 Å². The molecule has 0 radical (unpaired) electrons. The molecule has 2 aliphatic rings. The molecule has 7 heteroatoms. The average Bonchev–Trinajstić information content (AvgIpc) is 3.10. The van der Waals surface area contributed by atoms with E-state index in [1.165, 1.54) is 0 Å². The molecule has 2 aromatic rings. The summed E-state index contributed by atoms with van der Waals surface area (Å²) in [5, 5.41) is 18.2. The molecule has 0 aliphatic carbocycles. The van der Waals surface area contributed by atoms with Crippen LogP contribution in [-0.2, 0) is 10.3 Å². The van der Waals surface area contributed by atoms with Gasteiger partial charge in [0.05, 0.1) is 13.0 Å². The number of benzene rings is 2.